The summed E-state index contributed by atoms with van der Waals surface area (Å²) in [6.45, 7) is 1.83. The van der Waals surface area contributed by atoms with E-state index in [1.54, 1.807) is 31.2 Å². The smallest absolute Gasteiger partial charge is 0.322 e. The molecule has 3 rings (SSSR count). The Hall–Kier alpha value is -2.25. The van der Waals surface area contributed by atoms with Crippen LogP contribution in [0.1, 0.15) is 12.1 Å². The number of benzene rings is 1. The molecule has 1 aliphatic heterocycles. The number of hydrogen-bond acceptors (Lipinski definition) is 4. The van der Waals surface area contributed by atoms with Crippen molar-refractivity contribution >= 4 is 26.9 Å². The molecule has 1 aromatic heterocycles. The summed E-state index contributed by atoms with van der Waals surface area (Å²) in [4.78, 5) is 15.8. The molecule has 1 aromatic carbocycles. The molecular formula is C16H16N2O4S. The molecule has 120 valence electrons. The van der Waals surface area contributed by atoms with Crippen molar-refractivity contribution in [2.24, 2.45) is 0 Å². The zero-order valence-corrected chi connectivity index (χ0v) is 13.3. The number of carboxylic acids is 1. The van der Waals surface area contributed by atoms with Crippen LogP contribution in [0.5, 0.6) is 0 Å². The minimum Gasteiger partial charge on any atom is -0.480 e. The molecule has 23 heavy (non-hydrogen) atoms. The zero-order valence-electron chi connectivity index (χ0n) is 12.5. The predicted octanol–water partition coefficient (Wildman–Crippen LogP) is 1.95. The van der Waals surface area contributed by atoms with E-state index >= 15 is 0 Å². The van der Waals surface area contributed by atoms with Gasteiger partial charge in [0.05, 0.1) is 5.52 Å². The Morgan fingerprint density at radius 3 is 2.78 bits per heavy atom. The average molecular weight is 332 g/mol. The Morgan fingerprint density at radius 1 is 1.26 bits per heavy atom. The van der Waals surface area contributed by atoms with Crippen molar-refractivity contribution in [2.45, 2.75) is 24.3 Å². The van der Waals surface area contributed by atoms with Crippen LogP contribution in [0.4, 0.5) is 0 Å². The lowest BCUT2D eigenvalue weighted by atomic mass is 10.1. The SMILES string of the molecule is Cc1ccc2cccc(S(=O)(=O)N3CC=CCC3C(=O)O)c2n1. The highest BCUT2D eigenvalue weighted by Gasteiger charge is 2.37. The second-order valence-corrected chi connectivity index (χ2v) is 7.28. The van der Waals surface area contributed by atoms with Crippen LogP contribution < -0.4 is 0 Å². The summed E-state index contributed by atoms with van der Waals surface area (Å²) in [6, 6.07) is 7.42. The molecule has 0 radical (unpaired) electrons. The number of aromatic nitrogens is 1. The Morgan fingerprint density at radius 2 is 2.04 bits per heavy atom. The number of fused-ring (bicyclic) bond motifs is 1. The first-order chi connectivity index (χ1) is 10.9. The highest BCUT2D eigenvalue weighted by molar-refractivity contribution is 7.89. The Kier molecular flexibility index (Phi) is 3.91. The van der Waals surface area contributed by atoms with Gasteiger partial charge >= 0.3 is 5.97 Å². The van der Waals surface area contributed by atoms with Gasteiger partial charge in [-0.2, -0.15) is 4.31 Å². The van der Waals surface area contributed by atoms with Crippen LogP contribution in [0.3, 0.4) is 0 Å². The second kappa shape index (κ2) is 5.75. The largest absolute Gasteiger partial charge is 0.480 e. The van der Waals surface area contributed by atoms with E-state index in [1.165, 1.54) is 6.07 Å². The van der Waals surface area contributed by atoms with Crippen LogP contribution in [0.2, 0.25) is 0 Å². The minimum atomic E-state index is -3.96. The monoisotopic (exact) mass is 332 g/mol. The average Bonchev–Trinajstić information content (AvgIpc) is 2.54. The Labute approximate surface area is 134 Å². The maximum atomic E-state index is 13.0. The molecular weight excluding hydrogens is 316 g/mol. The summed E-state index contributed by atoms with van der Waals surface area (Å²) in [5.41, 5.74) is 1.07. The fraction of sp³-hybridized carbons (Fsp3) is 0.250. The van der Waals surface area contributed by atoms with Gasteiger partial charge in [-0.15, -0.1) is 0 Å². The number of carboxylic acid groups (broad SMARTS) is 1. The number of aliphatic carboxylic acids is 1. The first-order valence-electron chi connectivity index (χ1n) is 7.17. The van der Waals surface area contributed by atoms with Crippen molar-refractivity contribution in [2.75, 3.05) is 6.54 Å². The van der Waals surface area contributed by atoms with Crippen LogP contribution in [-0.4, -0.2) is 41.4 Å². The highest BCUT2D eigenvalue weighted by Crippen LogP contribution is 2.28. The third-order valence-corrected chi connectivity index (χ3v) is 5.76. The molecule has 0 spiro atoms. The predicted molar refractivity (Wildman–Crippen MR) is 85.6 cm³/mol. The van der Waals surface area contributed by atoms with E-state index in [4.69, 9.17) is 0 Å². The molecule has 0 bridgehead atoms. The fourth-order valence-electron chi connectivity index (χ4n) is 2.69. The summed E-state index contributed by atoms with van der Waals surface area (Å²) in [5.74, 6) is -1.15. The van der Waals surface area contributed by atoms with Crippen molar-refractivity contribution in [3.8, 4) is 0 Å². The van der Waals surface area contributed by atoms with Crippen LogP contribution in [0, 0.1) is 6.92 Å². The van der Waals surface area contributed by atoms with Crippen LogP contribution in [-0.2, 0) is 14.8 Å². The van der Waals surface area contributed by atoms with Gasteiger partial charge in [-0.3, -0.25) is 9.78 Å². The van der Waals surface area contributed by atoms with Crippen LogP contribution in [0.25, 0.3) is 10.9 Å². The molecule has 1 N–H and O–H groups in total. The van der Waals surface area contributed by atoms with Crippen molar-refractivity contribution in [3.63, 3.8) is 0 Å². The van der Waals surface area contributed by atoms with Crippen molar-refractivity contribution in [3.05, 3.63) is 48.2 Å². The number of pyridine rings is 1. The molecule has 0 amide bonds. The van der Waals surface area contributed by atoms with Gasteiger partial charge in [0, 0.05) is 17.6 Å². The third-order valence-electron chi connectivity index (χ3n) is 3.85. The lowest BCUT2D eigenvalue weighted by Gasteiger charge is -2.29. The van der Waals surface area contributed by atoms with Crippen molar-refractivity contribution in [1.82, 2.24) is 9.29 Å². The van der Waals surface area contributed by atoms with Crippen molar-refractivity contribution in [1.29, 1.82) is 0 Å². The molecule has 0 aliphatic carbocycles. The lowest BCUT2D eigenvalue weighted by Crippen LogP contribution is -2.46. The molecule has 1 aliphatic rings. The van der Waals surface area contributed by atoms with Crippen LogP contribution in [0.15, 0.2) is 47.4 Å². The van der Waals surface area contributed by atoms with Gasteiger partial charge < -0.3 is 5.11 Å². The minimum absolute atomic E-state index is 0.0419. The Bertz CT molecular complexity index is 905. The highest BCUT2D eigenvalue weighted by atomic mass is 32.2. The van der Waals surface area contributed by atoms with E-state index < -0.39 is 22.0 Å². The molecule has 0 saturated carbocycles. The van der Waals surface area contributed by atoms with Gasteiger partial charge in [-0.1, -0.05) is 30.4 Å². The second-order valence-electron chi connectivity index (χ2n) is 5.42. The lowest BCUT2D eigenvalue weighted by molar-refractivity contribution is -0.141. The molecule has 2 aromatic rings. The molecule has 1 atom stereocenters. The summed E-state index contributed by atoms with van der Waals surface area (Å²) >= 11 is 0. The van der Waals surface area contributed by atoms with Gasteiger partial charge in [-0.25, -0.2) is 8.42 Å². The normalized spacial score (nSPS) is 19.1. The summed E-state index contributed by atoms with van der Waals surface area (Å²) in [6.07, 6.45) is 3.52. The van der Waals surface area contributed by atoms with E-state index in [1.807, 2.05) is 12.1 Å². The number of rotatable bonds is 3. The Balaban J connectivity index is 2.18. The molecule has 7 heteroatoms. The standard InChI is InChI=1S/C16H16N2O4S/c1-11-8-9-12-5-4-7-14(15(12)17-11)23(21,22)18-10-3-2-6-13(18)16(19)20/h2-5,7-9,13H,6,10H2,1H3,(H,19,20). The maximum absolute atomic E-state index is 13.0. The van der Waals surface area contributed by atoms with E-state index in [2.05, 4.69) is 4.98 Å². The fourth-order valence-corrected chi connectivity index (χ4v) is 4.39. The number of carbonyl (C=O) groups is 1. The number of hydrogen-bond donors (Lipinski definition) is 1. The van der Waals surface area contributed by atoms with Crippen molar-refractivity contribution < 1.29 is 18.3 Å². The van der Waals surface area contributed by atoms with Gasteiger partial charge in [0.1, 0.15) is 10.9 Å². The number of para-hydroxylation sites is 1. The molecule has 6 nitrogen and oxygen atoms in total. The summed E-state index contributed by atoms with van der Waals surface area (Å²) < 4.78 is 27.1. The summed E-state index contributed by atoms with van der Waals surface area (Å²) in [7, 11) is -3.96. The zero-order chi connectivity index (χ0) is 16.6. The number of aryl methyl sites for hydroxylation is 1. The topological polar surface area (TPSA) is 87.6 Å². The number of sulfonamides is 1. The maximum Gasteiger partial charge on any atom is 0.322 e. The van der Waals surface area contributed by atoms with Crippen LogP contribution >= 0.6 is 0 Å². The van der Waals surface area contributed by atoms with E-state index in [9.17, 15) is 18.3 Å². The quantitative estimate of drug-likeness (QED) is 0.868. The molecule has 1 unspecified atom stereocenters. The van der Waals surface area contributed by atoms with Gasteiger partial charge in [0.2, 0.25) is 10.0 Å². The van der Waals surface area contributed by atoms with E-state index in [0.29, 0.717) is 16.6 Å². The molecule has 0 saturated heterocycles. The van der Waals surface area contributed by atoms with E-state index in [0.717, 1.165) is 4.31 Å². The number of nitrogens with zero attached hydrogens (tertiary/aromatic N) is 2. The van der Waals surface area contributed by atoms with E-state index in [-0.39, 0.29) is 17.9 Å². The molecule has 0 fully saturated rings. The van der Waals surface area contributed by atoms with Gasteiger partial charge in [-0.05, 0) is 25.5 Å². The molecule has 2 heterocycles. The van der Waals surface area contributed by atoms with Gasteiger partial charge in [0.15, 0.2) is 0 Å². The first-order valence-corrected chi connectivity index (χ1v) is 8.61. The van der Waals surface area contributed by atoms with Gasteiger partial charge in [0.25, 0.3) is 0 Å². The first kappa shape index (κ1) is 15.6. The summed E-state index contributed by atoms with van der Waals surface area (Å²) in [5, 5.41) is 10.0. The third kappa shape index (κ3) is 2.73.